The molecule has 8 heteroatoms. The lowest BCUT2D eigenvalue weighted by atomic mass is 10.1. The van der Waals surface area contributed by atoms with Gasteiger partial charge in [-0.3, -0.25) is 10.1 Å². The summed E-state index contributed by atoms with van der Waals surface area (Å²) in [5.41, 5.74) is 2.14. The molecule has 1 atom stereocenters. The van der Waals surface area contributed by atoms with Crippen LogP contribution < -0.4 is 10.6 Å². The Labute approximate surface area is 171 Å². The van der Waals surface area contributed by atoms with Crippen LogP contribution in [0, 0.1) is 6.92 Å². The van der Waals surface area contributed by atoms with E-state index in [1.165, 1.54) is 29.3 Å². The Bertz CT molecular complexity index is 1050. The topological polar surface area (TPSA) is 84.0 Å². The molecule has 0 bridgehead atoms. The second-order valence-corrected chi connectivity index (χ2v) is 8.77. The van der Waals surface area contributed by atoms with Gasteiger partial charge in [-0.05, 0) is 37.3 Å². The molecule has 0 radical (unpaired) electrons. The van der Waals surface area contributed by atoms with E-state index >= 15 is 0 Å². The number of rotatable bonds is 4. The second kappa shape index (κ2) is 7.89. The van der Waals surface area contributed by atoms with Crippen molar-refractivity contribution in [2.45, 2.75) is 36.5 Å². The largest absolute Gasteiger partial charge is 0.341 e. The molecule has 0 fully saturated rings. The maximum absolute atomic E-state index is 12.9. The summed E-state index contributed by atoms with van der Waals surface area (Å²) in [6, 6.07) is 8.94. The van der Waals surface area contributed by atoms with Crippen LogP contribution in [0.4, 0.5) is 4.79 Å². The van der Waals surface area contributed by atoms with Gasteiger partial charge < -0.3 is 5.32 Å². The third kappa shape index (κ3) is 3.62. The molecule has 3 aromatic rings. The molecule has 2 heterocycles. The number of nitrogens with zero attached hydrogens (tertiary/aromatic N) is 2. The molecule has 6 nitrogen and oxygen atoms in total. The van der Waals surface area contributed by atoms with E-state index in [0.29, 0.717) is 5.82 Å². The van der Waals surface area contributed by atoms with Crippen LogP contribution in [0.25, 0.3) is 10.2 Å². The first-order valence-electron chi connectivity index (χ1n) is 9.10. The number of carbonyl (C=O) groups excluding carboxylic acids is 2. The van der Waals surface area contributed by atoms with Crippen LogP contribution >= 0.6 is 23.1 Å². The van der Waals surface area contributed by atoms with E-state index in [4.69, 9.17) is 0 Å². The Hall–Kier alpha value is -2.45. The molecule has 3 amide bonds. The predicted molar refractivity (Wildman–Crippen MR) is 112 cm³/mol. The third-order valence-corrected chi connectivity index (χ3v) is 7.10. The van der Waals surface area contributed by atoms with Crippen LogP contribution in [0.5, 0.6) is 0 Å². The normalized spacial score (nSPS) is 13.9. The monoisotopic (exact) mass is 412 g/mol. The lowest BCUT2D eigenvalue weighted by Gasteiger charge is -2.17. The van der Waals surface area contributed by atoms with Gasteiger partial charge in [0.25, 0.3) is 0 Å². The van der Waals surface area contributed by atoms with Crippen molar-refractivity contribution in [3.05, 3.63) is 52.2 Å². The van der Waals surface area contributed by atoms with E-state index in [0.717, 1.165) is 40.1 Å². The Morgan fingerprint density at radius 2 is 1.96 bits per heavy atom. The first-order valence-corrected chi connectivity index (χ1v) is 10.8. The summed E-state index contributed by atoms with van der Waals surface area (Å²) in [4.78, 5) is 36.2. The zero-order valence-corrected chi connectivity index (χ0v) is 17.2. The molecule has 144 valence electrons. The van der Waals surface area contributed by atoms with E-state index in [2.05, 4.69) is 20.6 Å². The van der Waals surface area contributed by atoms with Gasteiger partial charge in [0.15, 0.2) is 0 Å². The maximum atomic E-state index is 12.9. The van der Waals surface area contributed by atoms with Crippen LogP contribution in [0.3, 0.4) is 0 Å². The summed E-state index contributed by atoms with van der Waals surface area (Å²) in [6.07, 6.45) is 3.25. The number of imide groups is 1. The first-order chi connectivity index (χ1) is 13.6. The van der Waals surface area contributed by atoms with Crippen molar-refractivity contribution >= 4 is 45.3 Å². The average molecular weight is 413 g/mol. The van der Waals surface area contributed by atoms with Gasteiger partial charge in [-0.15, -0.1) is 11.3 Å². The van der Waals surface area contributed by atoms with Crippen molar-refractivity contribution in [1.29, 1.82) is 0 Å². The molecule has 1 aliphatic rings. The highest BCUT2D eigenvalue weighted by Gasteiger charge is 2.28. The fraction of sp³-hybridized carbons (Fsp3) is 0.300. The number of hydrogen-bond donors (Lipinski definition) is 2. The average Bonchev–Trinajstić information content (AvgIpc) is 3.27. The first kappa shape index (κ1) is 18.9. The van der Waals surface area contributed by atoms with E-state index in [-0.39, 0.29) is 5.91 Å². The SMILES string of the molecule is CNC(=O)NC(=O)[C@H](Sc1nc(C)nc2sc3c(c12)CCC3)c1ccccc1. The van der Waals surface area contributed by atoms with Gasteiger partial charge >= 0.3 is 6.03 Å². The predicted octanol–water partition coefficient (Wildman–Crippen LogP) is 3.78. The van der Waals surface area contributed by atoms with Gasteiger partial charge in [0.1, 0.15) is 20.9 Å². The number of thiophene rings is 1. The van der Waals surface area contributed by atoms with Crippen LogP contribution in [0.15, 0.2) is 35.4 Å². The van der Waals surface area contributed by atoms with Gasteiger partial charge in [-0.25, -0.2) is 14.8 Å². The molecule has 0 aliphatic heterocycles. The Kier molecular flexibility index (Phi) is 5.32. The van der Waals surface area contributed by atoms with Gasteiger partial charge in [0, 0.05) is 17.3 Å². The van der Waals surface area contributed by atoms with Crippen LogP contribution in [-0.4, -0.2) is 29.0 Å². The lowest BCUT2D eigenvalue weighted by molar-refractivity contribution is -0.119. The van der Waals surface area contributed by atoms with Gasteiger partial charge in [-0.1, -0.05) is 42.1 Å². The number of benzene rings is 1. The molecule has 0 spiro atoms. The van der Waals surface area contributed by atoms with Gasteiger partial charge in [0.05, 0.1) is 0 Å². The smallest absolute Gasteiger partial charge is 0.321 e. The zero-order valence-electron chi connectivity index (χ0n) is 15.6. The molecular weight excluding hydrogens is 392 g/mol. The molecule has 1 aromatic carbocycles. The molecule has 0 unspecified atom stereocenters. The number of fused-ring (bicyclic) bond motifs is 3. The summed E-state index contributed by atoms with van der Waals surface area (Å²) < 4.78 is 0. The van der Waals surface area contributed by atoms with E-state index in [1.54, 1.807) is 11.3 Å². The molecular formula is C20H20N4O2S2. The number of amides is 3. The van der Waals surface area contributed by atoms with Crippen molar-refractivity contribution in [1.82, 2.24) is 20.6 Å². The Morgan fingerprint density at radius 1 is 1.18 bits per heavy atom. The second-order valence-electron chi connectivity index (χ2n) is 6.59. The maximum Gasteiger partial charge on any atom is 0.321 e. The number of hydrogen-bond acceptors (Lipinski definition) is 6. The highest BCUT2D eigenvalue weighted by atomic mass is 32.2. The summed E-state index contributed by atoms with van der Waals surface area (Å²) >= 11 is 3.11. The minimum absolute atomic E-state index is 0.369. The van der Waals surface area contributed by atoms with Gasteiger partial charge in [-0.2, -0.15) is 0 Å². The quantitative estimate of drug-likeness (QED) is 0.503. The van der Waals surface area contributed by atoms with Crippen molar-refractivity contribution in [3.63, 3.8) is 0 Å². The lowest BCUT2D eigenvalue weighted by Crippen LogP contribution is -2.39. The van der Waals surface area contributed by atoms with E-state index < -0.39 is 11.3 Å². The number of carbonyl (C=O) groups is 2. The van der Waals surface area contributed by atoms with E-state index in [9.17, 15) is 9.59 Å². The number of urea groups is 1. The van der Waals surface area contributed by atoms with Crippen LogP contribution in [-0.2, 0) is 17.6 Å². The summed E-state index contributed by atoms with van der Waals surface area (Å²) in [7, 11) is 1.49. The van der Waals surface area contributed by atoms with Crippen molar-refractivity contribution in [2.24, 2.45) is 0 Å². The van der Waals surface area contributed by atoms with Crippen LogP contribution in [0.1, 0.15) is 33.5 Å². The fourth-order valence-corrected chi connectivity index (χ4v) is 5.98. The number of aromatic nitrogens is 2. The molecule has 4 rings (SSSR count). The van der Waals surface area contributed by atoms with Crippen LogP contribution in [0.2, 0.25) is 0 Å². The molecule has 28 heavy (non-hydrogen) atoms. The standard InChI is InChI=1S/C20H20N4O2S2/c1-11-22-18-15(13-9-6-10-14(13)27-18)19(23-11)28-16(12-7-4-3-5-8-12)17(25)24-20(26)21-2/h3-5,7-8,16H,6,9-10H2,1-2H3,(H2,21,24,25,26)/t16-/m1/s1. The molecule has 0 saturated heterocycles. The van der Waals surface area contributed by atoms with Gasteiger partial charge in [0.2, 0.25) is 5.91 Å². The van der Waals surface area contributed by atoms with E-state index in [1.807, 2.05) is 37.3 Å². The zero-order chi connectivity index (χ0) is 19.7. The summed E-state index contributed by atoms with van der Waals surface area (Å²) in [5.74, 6) is 0.320. The highest BCUT2D eigenvalue weighted by Crippen LogP contribution is 2.44. The van der Waals surface area contributed by atoms with Crippen molar-refractivity contribution in [2.75, 3.05) is 7.05 Å². The third-order valence-electron chi connectivity index (χ3n) is 4.68. The highest BCUT2D eigenvalue weighted by molar-refractivity contribution is 8.00. The minimum Gasteiger partial charge on any atom is -0.341 e. The number of aryl methyl sites for hydroxylation is 3. The van der Waals surface area contributed by atoms with Crippen molar-refractivity contribution in [3.8, 4) is 0 Å². The fourth-order valence-electron chi connectivity index (χ4n) is 3.40. The Balaban J connectivity index is 1.77. The summed E-state index contributed by atoms with van der Waals surface area (Å²) in [5, 5.41) is 6.13. The number of thioether (sulfide) groups is 1. The molecule has 2 aromatic heterocycles. The molecule has 1 aliphatic carbocycles. The number of nitrogens with one attached hydrogen (secondary N) is 2. The molecule has 2 N–H and O–H groups in total. The minimum atomic E-state index is -0.590. The Morgan fingerprint density at radius 3 is 2.71 bits per heavy atom. The molecule has 0 saturated carbocycles. The van der Waals surface area contributed by atoms with Crippen molar-refractivity contribution < 1.29 is 9.59 Å². The summed E-state index contributed by atoms with van der Waals surface area (Å²) in [6.45, 7) is 1.87.